The summed E-state index contributed by atoms with van der Waals surface area (Å²) < 4.78 is 5.49. The molecule has 1 saturated heterocycles. The zero-order valence-corrected chi connectivity index (χ0v) is 28.8. The van der Waals surface area contributed by atoms with Crippen LogP contribution in [0.1, 0.15) is 85.1 Å². The molecule has 5 amide bonds. The fourth-order valence-corrected chi connectivity index (χ4v) is 7.54. The maximum Gasteiger partial charge on any atom is 0.408 e. The molecule has 1 aliphatic heterocycles. The van der Waals surface area contributed by atoms with Crippen LogP contribution in [0.4, 0.5) is 4.79 Å². The van der Waals surface area contributed by atoms with Gasteiger partial charge < -0.3 is 30.9 Å². The minimum Gasteiger partial charge on any atom is -0.444 e. The number of carbonyl (C=O) groups excluding carboxylic acids is 6. The van der Waals surface area contributed by atoms with Gasteiger partial charge >= 0.3 is 6.09 Å². The molecule has 1 heterocycles. The zero-order chi connectivity index (χ0) is 34.8. The molecule has 4 fully saturated rings. The topological polar surface area (TPSA) is 163 Å². The Kier molecular flexibility index (Phi) is 10.5. The number of nitrogens with one attached hydrogen (secondary N) is 4. The number of carbonyl (C=O) groups is 6. The van der Waals surface area contributed by atoms with Crippen LogP contribution >= 0.6 is 0 Å². The van der Waals surface area contributed by atoms with Gasteiger partial charge in [0.25, 0.3) is 5.91 Å². The van der Waals surface area contributed by atoms with Crippen molar-refractivity contribution < 1.29 is 33.5 Å². The van der Waals surface area contributed by atoms with Crippen LogP contribution < -0.4 is 21.3 Å². The highest BCUT2D eigenvalue weighted by Gasteiger charge is 2.69. The summed E-state index contributed by atoms with van der Waals surface area (Å²) in [5.41, 5.74) is -0.0203. The van der Waals surface area contributed by atoms with Crippen molar-refractivity contribution in [1.29, 1.82) is 0 Å². The number of amides is 5. The van der Waals surface area contributed by atoms with E-state index in [2.05, 4.69) is 35.1 Å². The average molecular weight is 666 g/mol. The van der Waals surface area contributed by atoms with E-state index in [1.165, 1.54) is 0 Å². The fourth-order valence-electron chi connectivity index (χ4n) is 7.54. The first-order chi connectivity index (χ1) is 22.7. The molecule has 12 nitrogen and oxygen atoms in total. The minimum absolute atomic E-state index is 0.0727. The number of benzene rings is 1. The van der Waals surface area contributed by atoms with Crippen LogP contribution in [0.15, 0.2) is 30.3 Å². The predicted molar refractivity (Wildman–Crippen MR) is 177 cm³/mol. The van der Waals surface area contributed by atoms with Crippen LogP contribution in [0.25, 0.3) is 0 Å². The number of hydrogen-bond acceptors (Lipinski definition) is 7. The Morgan fingerprint density at radius 2 is 1.60 bits per heavy atom. The molecular formula is C36H51N5O7. The molecule has 0 aromatic heterocycles. The Labute approximate surface area is 282 Å². The largest absolute Gasteiger partial charge is 0.444 e. The lowest BCUT2D eigenvalue weighted by Crippen LogP contribution is -2.59. The van der Waals surface area contributed by atoms with Gasteiger partial charge in [0, 0.05) is 13.1 Å². The van der Waals surface area contributed by atoms with Crippen molar-refractivity contribution in [2.75, 3.05) is 13.1 Å². The summed E-state index contributed by atoms with van der Waals surface area (Å²) in [6.07, 6.45) is 4.90. The summed E-state index contributed by atoms with van der Waals surface area (Å²) in [5.74, 6) is -2.89. The minimum atomic E-state index is -1.08. The number of Topliss-reactive ketones (excluding diaryl/α,β-unsaturated/α-hetero) is 1. The van der Waals surface area contributed by atoms with Crippen LogP contribution in [-0.4, -0.2) is 77.2 Å². The molecule has 0 radical (unpaired) electrons. The predicted octanol–water partition coefficient (Wildman–Crippen LogP) is 2.84. The van der Waals surface area contributed by atoms with Gasteiger partial charge in [-0.3, -0.25) is 24.0 Å². The second-order valence-electron chi connectivity index (χ2n) is 15.6. The van der Waals surface area contributed by atoms with Gasteiger partial charge in [-0.25, -0.2) is 4.79 Å². The molecule has 0 spiro atoms. The molecule has 3 aliphatic carbocycles. The SMILES string of the molecule is CC(C)(C)OC(=O)N[C@H](C(=O)N1C[C@H]2[C@@H]([C@H]1C(=O)NC(CC1CC1)C(=O)C(=O)NCC(=O)NCc1ccccc1)C2(C)C)C1CCCC1. The van der Waals surface area contributed by atoms with Gasteiger partial charge in [-0.2, -0.15) is 0 Å². The number of ether oxygens (including phenoxy) is 1. The Morgan fingerprint density at radius 3 is 2.23 bits per heavy atom. The van der Waals surface area contributed by atoms with Gasteiger partial charge in [-0.1, -0.05) is 69.9 Å². The Hall–Kier alpha value is -3.96. The van der Waals surface area contributed by atoms with Crippen molar-refractivity contribution in [3.63, 3.8) is 0 Å². The lowest BCUT2D eigenvalue weighted by molar-refractivity contribution is -0.145. The molecule has 5 atom stereocenters. The van der Waals surface area contributed by atoms with Gasteiger partial charge in [0.15, 0.2) is 0 Å². The molecule has 4 aliphatic rings. The van der Waals surface area contributed by atoms with E-state index < -0.39 is 53.3 Å². The average Bonchev–Trinajstić information content (AvgIpc) is 3.73. The summed E-state index contributed by atoms with van der Waals surface area (Å²) in [7, 11) is 0. The highest BCUT2D eigenvalue weighted by Crippen LogP contribution is 2.65. The third kappa shape index (κ3) is 8.54. The number of alkyl carbamates (subject to hydrolysis) is 1. The summed E-state index contributed by atoms with van der Waals surface area (Å²) >= 11 is 0. The molecule has 48 heavy (non-hydrogen) atoms. The fraction of sp³-hybridized carbons (Fsp3) is 0.667. The third-order valence-corrected chi connectivity index (χ3v) is 10.4. The Morgan fingerprint density at radius 1 is 0.938 bits per heavy atom. The lowest BCUT2D eigenvalue weighted by atomic mass is 9.94. The highest BCUT2D eigenvalue weighted by atomic mass is 16.6. The van der Waals surface area contributed by atoms with Crippen molar-refractivity contribution >= 4 is 35.5 Å². The molecule has 12 heteroatoms. The van der Waals surface area contributed by atoms with Crippen LogP contribution in [0.2, 0.25) is 0 Å². The summed E-state index contributed by atoms with van der Waals surface area (Å²) in [6, 6.07) is 6.56. The maximum atomic E-state index is 14.2. The second-order valence-corrected chi connectivity index (χ2v) is 15.6. The smallest absolute Gasteiger partial charge is 0.408 e. The second kappa shape index (κ2) is 14.3. The van der Waals surface area contributed by atoms with Gasteiger partial charge in [0.1, 0.15) is 17.7 Å². The van der Waals surface area contributed by atoms with Gasteiger partial charge in [-0.05, 0) is 74.7 Å². The van der Waals surface area contributed by atoms with E-state index in [4.69, 9.17) is 4.74 Å². The standard InChI is InChI=1S/C36H51N5O7/c1-35(2,3)48-34(47)40-28(23-13-9-10-14-23)33(46)41-20-24-27(36(24,4)5)29(41)31(44)39-25(17-21-15-16-21)30(43)32(45)38-19-26(42)37-18-22-11-7-6-8-12-22/h6-8,11-12,21,23-25,27-29H,9-10,13-20H2,1-5H3,(H,37,42)(H,38,45)(H,39,44)(H,40,47)/t24-,25?,27-,28-,29-/m0/s1. The number of nitrogens with zero attached hydrogens (tertiary/aromatic N) is 1. The monoisotopic (exact) mass is 665 g/mol. The third-order valence-electron chi connectivity index (χ3n) is 10.4. The van der Waals surface area contributed by atoms with Crippen LogP contribution in [0, 0.1) is 29.1 Å². The molecule has 0 bridgehead atoms. The van der Waals surface area contributed by atoms with E-state index in [1.54, 1.807) is 25.7 Å². The number of piperidine rings is 1. The highest BCUT2D eigenvalue weighted by molar-refractivity contribution is 6.38. The molecule has 1 aromatic carbocycles. The molecule has 262 valence electrons. The van der Waals surface area contributed by atoms with Gasteiger partial charge in [0.05, 0.1) is 12.6 Å². The first kappa shape index (κ1) is 35.3. The normalized spacial score (nSPS) is 24.1. The van der Waals surface area contributed by atoms with Crippen LogP contribution in [0.5, 0.6) is 0 Å². The van der Waals surface area contributed by atoms with Crippen molar-refractivity contribution in [3.05, 3.63) is 35.9 Å². The van der Waals surface area contributed by atoms with E-state index in [0.29, 0.717) is 13.0 Å². The molecule has 1 aromatic rings. The Balaban J connectivity index is 1.25. The first-order valence-electron chi connectivity index (χ1n) is 17.4. The van der Waals surface area contributed by atoms with Crippen molar-refractivity contribution in [2.24, 2.45) is 29.1 Å². The first-order valence-corrected chi connectivity index (χ1v) is 17.4. The van der Waals surface area contributed by atoms with E-state index in [-0.39, 0.29) is 48.1 Å². The van der Waals surface area contributed by atoms with E-state index in [9.17, 15) is 28.8 Å². The Bertz CT molecular complexity index is 1400. The molecule has 5 rings (SSSR count). The van der Waals surface area contributed by atoms with Crippen molar-refractivity contribution in [3.8, 4) is 0 Å². The van der Waals surface area contributed by atoms with Crippen molar-refractivity contribution in [2.45, 2.75) is 110 Å². The van der Waals surface area contributed by atoms with Crippen LogP contribution in [-0.2, 0) is 35.3 Å². The summed E-state index contributed by atoms with van der Waals surface area (Å²) in [4.78, 5) is 81.5. The van der Waals surface area contributed by atoms with E-state index in [0.717, 1.165) is 44.1 Å². The molecule has 1 unspecified atom stereocenters. The summed E-state index contributed by atoms with van der Waals surface area (Å²) in [6.45, 7) is 9.70. The lowest BCUT2D eigenvalue weighted by Gasteiger charge is -2.35. The van der Waals surface area contributed by atoms with Gasteiger partial charge in [0.2, 0.25) is 23.5 Å². The van der Waals surface area contributed by atoms with E-state index in [1.807, 2.05) is 30.3 Å². The summed E-state index contributed by atoms with van der Waals surface area (Å²) in [5, 5.41) is 10.8. The number of fused-ring (bicyclic) bond motifs is 1. The number of rotatable bonds is 13. The van der Waals surface area contributed by atoms with E-state index >= 15 is 0 Å². The van der Waals surface area contributed by atoms with Gasteiger partial charge in [-0.15, -0.1) is 0 Å². The number of hydrogen-bond donors (Lipinski definition) is 4. The molecular weight excluding hydrogens is 614 g/mol. The molecule has 4 N–H and O–H groups in total. The zero-order valence-electron chi connectivity index (χ0n) is 28.8. The number of likely N-dealkylation sites (tertiary alicyclic amines) is 1. The quantitative estimate of drug-likeness (QED) is 0.236. The van der Waals surface area contributed by atoms with Crippen molar-refractivity contribution in [1.82, 2.24) is 26.2 Å². The maximum absolute atomic E-state index is 14.2. The number of ketones is 1. The van der Waals surface area contributed by atoms with Crippen LogP contribution in [0.3, 0.4) is 0 Å². The molecule has 3 saturated carbocycles.